The minimum atomic E-state index is -0.702. The third-order valence-corrected chi connectivity index (χ3v) is 7.65. The molecule has 2 amide bonds. The molecule has 1 atom stereocenters. The van der Waals surface area contributed by atoms with Gasteiger partial charge in [-0.1, -0.05) is 48.0 Å². The minimum absolute atomic E-state index is 0.100. The second-order valence-corrected chi connectivity index (χ2v) is 10.0. The average Bonchev–Trinajstić information content (AvgIpc) is 3.38. The van der Waals surface area contributed by atoms with Crippen LogP contribution in [-0.4, -0.2) is 32.0 Å². The summed E-state index contributed by atoms with van der Waals surface area (Å²) >= 11 is 6.41. The highest BCUT2D eigenvalue weighted by Crippen LogP contribution is 2.46. The lowest BCUT2D eigenvalue weighted by Gasteiger charge is -2.26. The van der Waals surface area contributed by atoms with Crippen LogP contribution >= 0.6 is 11.6 Å². The van der Waals surface area contributed by atoms with Gasteiger partial charge in [0, 0.05) is 52.7 Å². The third kappa shape index (κ3) is 6.00. The molecule has 2 aliphatic rings. The molecule has 200 valence electrons. The van der Waals surface area contributed by atoms with E-state index in [1.807, 2.05) is 37.4 Å². The van der Waals surface area contributed by atoms with Gasteiger partial charge in [-0.3, -0.25) is 9.59 Å². The summed E-state index contributed by atoms with van der Waals surface area (Å²) in [5.74, 6) is -0.132. The minimum Gasteiger partial charge on any atom is -0.485 e. The zero-order valence-corrected chi connectivity index (χ0v) is 22.4. The molecule has 38 heavy (non-hydrogen) atoms. The molecule has 6 nitrogen and oxygen atoms in total. The molecule has 3 aromatic rings. The van der Waals surface area contributed by atoms with Crippen molar-refractivity contribution >= 4 is 23.4 Å². The predicted molar refractivity (Wildman–Crippen MR) is 148 cm³/mol. The fourth-order valence-corrected chi connectivity index (χ4v) is 5.52. The van der Waals surface area contributed by atoms with Crippen LogP contribution in [0.1, 0.15) is 53.3 Å². The van der Waals surface area contributed by atoms with Crippen LogP contribution in [0.3, 0.4) is 0 Å². The van der Waals surface area contributed by atoms with Crippen molar-refractivity contribution in [1.29, 1.82) is 0 Å². The highest BCUT2D eigenvalue weighted by atomic mass is 35.5. The Morgan fingerprint density at radius 2 is 1.66 bits per heavy atom. The molecule has 0 aromatic heterocycles. The summed E-state index contributed by atoms with van der Waals surface area (Å²) in [4.78, 5) is 23.1. The number of halogens is 2. The van der Waals surface area contributed by atoms with Crippen molar-refractivity contribution in [1.82, 2.24) is 10.6 Å². The lowest BCUT2D eigenvalue weighted by Crippen LogP contribution is -2.36. The molecule has 0 bridgehead atoms. The van der Waals surface area contributed by atoms with Crippen LogP contribution in [0.25, 0.3) is 11.1 Å². The van der Waals surface area contributed by atoms with Gasteiger partial charge in [0.05, 0.1) is 0 Å². The van der Waals surface area contributed by atoms with Gasteiger partial charge in [-0.05, 0) is 62.6 Å². The van der Waals surface area contributed by atoms with Crippen LogP contribution in [0.2, 0.25) is 5.02 Å². The summed E-state index contributed by atoms with van der Waals surface area (Å²) in [6, 6.07) is 18.1. The molecule has 1 fully saturated rings. The van der Waals surface area contributed by atoms with Gasteiger partial charge in [0.25, 0.3) is 0 Å². The Morgan fingerprint density at radius 1 is 0.947 bits per heavy atom. The summed E-state index contributed by atoms with van der Waals surface area (Å²) < 4.78 is 20.7. The van der Waals surface area contributed by atoms with E-state index >= 15 is 0 Å². The molecule has 1 aliphatic carbocycles. The Morgan fingerprint density at radius 3 is 2.29 bits per heavy atom. The topological polar surface area (TPSA) is 93.5 Å². The number of amides is 2. The van der Waals surface area contributed by atoms with Crippen LogP contribution in [0, 0.1) is 11.7 Å². The number of benzene rings is 3. The van der Waals surface area contributed by atoms with E-state index in [1.54, 1.807) is 19.2 Å². The molecule has 4 N–H and O–H groups in total. The van der Waals surface area contributed by atoms with Gasteiger partial charge in [-0.15, -0.1) is 0 Å². The second-order valence-electron chi connectivity index (χ2n) is 9.60. The van der Waals surface area contributed by atoms with Gasteiger partial charge in [0.2, 0.25) is 11.8 Å². The SMILES string of the molecule is CNC(=O)C1CCC(NC)CC1.NC(=O)c1cccc(F)c1-c1c(Cl)ccc2c1CC(c1ccccc1)O2. The average molecular weight is 538 g/mol. The van der Waals surface area contributed by atoms with E-state index in [4.69, 9.17) is 22.1 Å². The monoisotopic (exact) mass is 537 g/mol. The van der Waals surface area contributed by atoms with E-state index in [0.717, 1.165) is 36.8 Å². The Kier molecular flexibility index (Phi) is 9.02. The summed E-state index contributed by atoms with van der Waals surface area (Å²) in [6.45, 7) is 0. The number of hydrogen-bond acceptors (Lipinski definition) is 4. The van der Waals surface area contributed by atoms with E-state index in [0.29, 0.717) is 28.8 Å². The Bertz CT molecular complexity index is 1290. The van der Waals surface area contributed by atoms with Crippen LogP contribution in [-0.2, 0) is 11.2 Å². The standard InChI is InChI=1S/C21H15ClFNO2.C9H18N2O/c22-15-9-10-17-14(11-18(26-17)12-5-2-1-3-6-12)19(15)20-13(21(24)25)7-4-8-16(20)23;1-10-8-5-3-7(4-6-8)9(12)11-2/h1-10,18H,11H2,(H2,24,25);7-8,10H,3-6H2,1-2H3,(H,11,12). The third-order valence-electron chi connectivity index (χ3n) is 7.33. The molecular weight excluding hydrogens is 505 g/mol. The molecular formula is C30H33ClFN3O3. The van der Waals surface area contributed by atoms with Crippen molar-refractivity contribution in [2.24, 2.45) is 11.7 Å². The molecule has 0 radical (unpaired) electrons. The van der Waals surface area contributed by atoms with E-state index in [9.17, 15) is 14.0 Å². The van der Waals surface area contributed by atoms with E-state index in [2.05, 4.69) is 10.6 Å². The number of carbonyl (C=O) groups is 2. The number of nitrogens with two attached hydrogens (primary N) is 1. The van der Waals surface area contributed by atoms with Crippen LogP contribution in [0.15, 0.2) is 60.7 Å². The largest absolute Gasteiger partial charge is 0.485 e. The maximum atomic E-state index is 14.7. The molecule has 0 spiro atoms. The number of fused-ring (bicyclic) bond motifs is 1. The maximum Gasteiger partial charge on any atom is 0.249 e. The Balaban J connectivity index is 0.000000236. The van der Waals surface area contributed by atoms with Crippen molar-refractivity contribution in [3.05, 3.63) is 88.2 Å². The number of rotatable bonds is 5. The molecule has 1 unspecified atom stereocenters. The van der Waals surface area contributed by atoms with Crippen molar-refractivity contribution in [3.8, 4) is 16.9 Å². The van der Waals surface area contributed by atoms with Gasteiger partial charge in [0.1, 0.15) is 17.7 Å². The first kappa shape index (κ1) is 27.6. The van der Waals surface area contributed by atoms with E-state index in [-0.39, 0.29) is 29.1 Å². The van der Waals surface area contributed by atoms with Gasteiger partial charge in [0.15, 0.2) is 0 Å². The summed E-state index contributed by atoms with van der Waals surface area (Å²) in [7, 11) is 3.71. The fourth-order valence-electron chi connectivity index (χ4n) is 5.25. The van der Waals surface area contributed by atoms with Crippen LogP contribution < -0.4 is 21.1 Å². The first-order valence-corrected chi connectivity index (χ1v) is 13.2. The van der Waals surface area contributed by atoms with Gasteiger partial charge in [-0.2, -0.15) is 0 Å². The Hall–Kier alpha value is -3.42. The molecule has 1 saturated carbocycles. The first-order chi connectivity index (χ1) is 18.3. The van der Waals surface area contributed by atoms with E-state index < -0.39 is 11.7 Å². The summed E-state index contributed by atoms with van der Waals surface area (Å²) in [5.41, 5.74) is 7.95. The number of ether oxygens (including phenoxy) is 1. The van der Waals surface area contributed by atoms with Crippen molar-refractivity contribution < 1.29 is 18.7 Å². The molecule has 5 rings (SSSR count). The van der Waals surface area contributed by atoms with E-state index in [1.165, 1.54) is 18.2 Å². The van der Waals surface area contributed by atoms with Crippen LogP contribution in [0.5, 0.6) is 5.75 Å². The van der Waals surface area contributed by atoms with Crippen molar-refractivity contribution in [2.75, 3.05) is 14.1 Å². The van der Waals surface area contributed by atoms with Crippen molar-refractivity contribution in [2.45, 2.75) is 44.2 Å². The summed E-state index contributed by atoms with van der Waals surface area (Å²) in [5, 5.41) is 6.31. The molecule has 1 aliphatic heterocycles. The van der Waals surface area contributed by atoms with Gasteiger partial charge < -0.3 is 21.1 Å². The maximum absolute atomic E-state index is 14.7. The highest BCUT2D eigenvalue weighted by molar-refractivity contribution is 6.34. The number of primary amides is 1. The number of hydrogen-bond donors (Lipinski definition) is 3. The quantitative estimate of drug-likeness (QED) is 0.404. The van der Waals surface area contributed by atoms with Gasteiger partial charge in [-0.25, -0.2) is 4.39 Å². The zero-order chi connectivity index (χ0) is 27.2. The molecule has 3 aromatic carbocycles. The van der Waals surface area contributed by atoms with Gasteiger partial charge >= 0.3 is 0 Å². The molecule has 1 heterocycles. The smallest absolute Gasteiger partial charge is 0.249 e. The Labute approximate surface area is 227 Å². The number of carbonyl (C=O) groups excluding carboxylic acids is 2. The second kappa shape index (κ2) is 12.4. The summed E-state index contributed by atoms with van der Waals surface area (Å²) in [6.07, 6.45) is 4.67. The van der Waals surface area contributed by atoms with Crippen LogP contribution in [0.4, 0.5) is 4.39 Å². The predicted octanol–water partition coefficient (Wildman–Crippen LogP) is 5.43. The lowest BCUT2D eigenvalue weighted by atomic mass is 9.85. The molecule has 8 heteroatoms. The highest BCUT2D eigenvalue weighted by Gasteiger charge is 2.31. The fraction of sp³-hybridized carbons (Fsp3) is 0.333. The molecule has 0 saturated heterocycles. The van der Waals surface area contributed by atoms with Crippen molar-refractivity contribution in [3.63, 3.8) is 0 Å². The normalized spacial score (nSPS) is 19.9. The zero-order valence-electron chi connectivity index (χ0n) is 21.6. The lowest BCUT2D eigenvalue weighted by molar-refractivity contribution is -0.125. The number of nitrogens with one attached hydrogen (secondary N) is 2. The first-order valence-electron chi connectivity index (χ1n) is 12.8.